The third-order valence-electron chi connectivity index (χ3n) is 6.18. The topological polar surface area (TPSA) is 84.8 Å². The summed E-state index contributed by atoms with van der Waals surface area (Å²) in [4.78, 5) is 17.3. The minimum absolute atomic E-state index is 0.187. The summed E-state index contributed by atoms with van der Waals surface area (Å²) in [6.45, 7) is 2.23. The van der Waals surface area contributed by atoms with Gasteiger partial charge >= 0.3 is 0 Å². The zero-order valence-corrected chi connectivity index (χ0v) is 24.3. The van der Waals surface area contributed by atoms with Crippen molar-refractivity contribution in [3.05, 3.63) is 123 Å². The van der Waals surface area contributed by atoms with E-state index >= 15 is 0 Å². The van der Waals surface area contributed by atoms with E-state index in [-0.39, 0.29) is 18.3 Å². The van der Waals surface area contributed by atoms with Crippen molar-refractivity contribution in [1.29, 1.82) is 0 Å². The first-order valence-electron chi connectivity index (χ1n) is 12.9. The molecule has 5 aromatic rings. The predicted molar refractivity (Wildman–Crippen MR) is 166 cm³/mol. The Morgan fingerprint density at radius 1 is 1.05 bits per heavy atom. The number of thiazole rings is 1. The fraction of sp³-hybridized carbons (Fsp3) is 0.0938. The van der Waals surface area contributed by atoms with Gasteiger partial charge in [-0.1, -0.05) is 53.6 Å². The Kier molecular flexibility index (Phi) is 9.11. The molecule has 2 N–H and O–H groups in total. The molecule has 0 aliphatic carbocycles. The molecule has 0 unspecified atom stereocenters. The third-order valence-corrected chi connectivity index (χ3v) is 7.22. The summed E-state index contributed by atoms with van der Waals surface area (Å²) in [6, 6.07) is 24.6. The number of hydrogen-bond acceptors (Lipinski definition) is 7. The van der Waals surface area contributed by atoms with Gasteiger partial charge in [0, 0.05) is 22.2 Å². The number of aryl methyl sites for hydroxylation is 1. The van der Waals surface area contributed by atoms with Crippen LogP contribution in [0.25, 0.3) is 11.3 Å². The highest BCUT2D eigenvalue weighted by Crippen LogP contribution is 2.36. The molecule has 4 aromatic carbocycles. The molecule has 0 aliphatic heterocycles. The molecule has 1 aromatic heterocycles. The number of methoxy groups -OCH3 is 1. The molecule has 1 heterocycles. The molecule has 0 saturated carbocycles. The first-order chi connectivity index (χ1) is 20.4. The van der Waals surface area contributed by atoms with Crippen LogP contribution >= 0.6 is 22.9 Å². The van der Waals surface area contributed by atoms with Crippen molar-refractivity contribution in [3.63, 3.8) is 0 Å². The fourth-order valence-corrected chi connectivity index (χ4v) is 4.95. The van der Waals surface area contributed by atoms with Gasteiger partial charge < -0.3 is 14.8 Å². The maximum Gasteiger partial charge on any atom is 0.271 e. The van der Waals surface area contributed by atoms with Crippen LogP contribution in [0.2, 0.25) is 5.02 Å². The summed E-state index contributed by atoms with van der Waals surface area (Å²) in [5.74, 6) is 0.0593. The molecule has 212 valence electrons. The van der Waals surface area contributed by atoms with E-state index in [0.29, 0.717) is 27.6 Å². The quantitative estimate of drug-likeness (QED) is 0.125. The summed E-state index contributed by atoms with van der Waals surface area (Å²) in [7, 11) is 1.50. The first-order valence-corrected chi connectivity index (χ1v) is 14.1. The van der Waals surface area contributed by atoms with Crippen LogP contribution in [-0.2, 0) is 6.61 Å². The number of benzene rings is 4. The van der Waals surface area contributed by atoms with Crippen molar-refractivity contribution in [2.45, 2.75) is 13.5 Å². The van der Waals surface area contributed by atoms with Gasteiger partial charge in [0.2, 0.25) is 0 Å². The molecule has 1 amide bonds. The normalized spacial score (nSPS) is 11.0. The number of hydrogen-bond donors (Lipinski definition) is 2. The van der Waals surface area contributed by atoms with Crippen LogP contribution in [0.1, 0.15) is 27.0 Å². The highest BCUT2D eigenvalue weighted by Gasteiger charge is 2.13. The van der Waals surface area contributed by atoms with E-state index in [1.807, 2.05) is 48.7 Å². The van der Waals surface area contributed by atoms with Crippen molar-refractivity contribution >= 4 is 45.9 Å². The number of anilines is 2. The number of carbonyl (C=O) groups is 1. The second kappa shape index (κ2) is 13.3. The highest BCUT2D eigenvalue weighted by molar-refractivity contribution is 7.14. The number of carbonyl (C=O) groups excluding carboxylic acids is 1. The molecule has 0 radical (unpaired) electrons. The molecule has 0 bridgehead atoms. The van der Waals surface area contributed by atoms with E-state index in [0.717, 1.165) is 27.6 Å². The fourth-order valence-electron chi connectivity index (χ4n) is 3.94. The molecule has 42 heavy (non-hydrogen) atoms. The van der Waals surface area contributed by atoms with Gasteiger partial charge in [-0.05, 0) is 66.6 Å². The van der Waals surface area contributed by atoms with Gasteiger partial charge in [0.25, 0.3) is 5.91 Å². The number of ether oxygens (including phenoxy) is 2. The van der Waals surface area contributed by atoms with Crippen molar-refractivity contribution < 1.29 is 18.7 Å². The summed E-state index contributed by atoms with van der Waals surface area (Å²) in [5.41, 5.74) is 8.23. The number of aromatic nitrogens is 1. The van der Waals surface area contributed by atoms with Crippen LogP contribution in [0.15, 0.2) is 95.4 Å². The Hall–Kier alpha value is -4.73. The molecule has 0 atom stereocenters. The number of nitrogens with one attached hydrogen (secondary N) is 2. The van der Waals surface area contributed by atoms with Crippen LogP contribution < -0.4 is 20.2 Å². The van der Waals surface area contributed by atoms with E-state index < -0.39 is 0 Å². The van der Waals surface area contributed by atoms with Crippen molar-refractivity contribution in [3.8, 4) is 22.8 Å². The van der Waals surface area contributed by atoms with Gasteiger partial charge in [-0.15, -0.1) is 11.3 Å². The lowest BCUT2D eigenvalue weighted by Crippen LogP contribution is -2.17. The second-order valence-corrected chi connectivity index (χ2v) is 10.5. The van der Waals surface area contributed by atoms with Crippen LogP contribution in [-0.4, -0.2) is 24.2 Å². The van der Waals surface area contributed by atoms with Crippen LogP contribution in [0.3, 0.4) is 0 Å². The number of amides is 1. The number of rotatable bonds is 10. The molecular formula is C32H26ClFN4O3S. The average molecular weight is 601 g/mol. The lowest BCUT2D eigenvalue weighted by atomic mass is 10.1. The Bertz CT molecular complexity index is 1710. The zero-order chi connectivity index (χ0) is 29.5. The number of hydrazone groups is 1. The zero-order valence-electron chi connectivity index (χ0n) is 22.7. The van der Waals surface area contributed by atoms with Gasteiger partial charge in [-0.3, -0.25) is 4.79 Å². The largest absolute Gasteiger partial charge is 0.493 e. The summed E-state index contributed by atoms with van der Waals surface area (Å²) in [5, 5.41) is 10.4. The molecule has 0 saturated heterocycles. The maximum atomic E-state index is 13.1. The Morgan fingerprint density at radius 2 is 1.79 bits per heavy atom. The predicted octanol–water partition coefficient (Wildman–Crippen LogP) is 8.01. The standard InChI is InChI=1S/C32H26ClFN4O3S/c1-20-3-13-26(14-4-20)36-32-37-28(19-42-32)23-7-9-24(10-8-23)31(39)38-35-17-22-15-27(33)30(29(16-22)40-2)41-18-21-5-11-25(34)12-6-21/h3-17,19H,18H2,1-2H3,(H,36,37)(H,38,39)/b35-17-. The van der Waals surface area contributed by atoms with E-state index in [1.54, 1.807) is 36.4 Å². The minimum Gasteiger partial charge on any atom is -0.493 e. The molecule has 5 rings (SSSR count). The van der Waals surface area contributed by atoms with Crippen molar-refractivity contribution in [2.24, 2.45) is 5.10 Å². The molecule has 10 heteroatoms. The Labute approximate surface area is 251 Å². The number of nitrogens with zero attached hydrogens (tertiary/aromatic N) is 2. The van der Waals surface area contributed by atoms with E-state index in [9.17, 15) is 9.18 Å². The SMILES string of the molecule is COc1cc(/C=N\NC(=O)c2ccc(-c3csc(Nc4ccc(C)cc4)n3)cc2)cc(Cl)c1OCc1ccc(F)cc1. The van der Waals surface area contributed by atoms with Gasteiger partial charge in [0.05, 0.1) is 24.0 Å². The maximum absolute atomic E-state index is 13.1. The van der Waals surface area contributed by atoms with E-state index in [1.165, 1.54) is 42.4 Å². The van der Waals surface area contributed by atoms with Gasteiger partial charge in [-0.2, -0.15) is 5.10 Å². The average Bonchev–Trinajstić information content (AvgIpc) is 3.47. The molecule has 0 aliphatic rings. The van der Waals surface area contributed by atoms with Crippen molar-refractivity contribution in [1.82, 2.24) is 10.4 Å². The lowest BCUT2D eigenvalue weighted by Gasteiger charge is -2.13. The smallest absolute Gasteiger partial charge is 0.271 e. The van der Waals surface area contributed by atoms with Gasteiger partial charge in [0.1, 0.15) is 12.4 Å². The van der Waals surface area contributed by atoms with Gasteiger partial charge in [-0.25, -0.2) is 14.8 Å². The van der Waals surface area contributed by atoms with Crippen LogP contribution in [0, 0.1) is 12.7 Å². The first kappa shape index (κ1) is 28.8. The van der Waals surface area contributed by atoms with Crippen LogP contribution in [0.4, 0.5) is 15.2 Å². The molecule has 7 nitrogen and oxygen atoms in total. The highest BCUT2D eigenvalue weighted by atomic mass is 35.5. The molecule has 0 fully saturated rings. The minimum atomic E-state index is -0.366. The molecule has 0 spiro atoms. The third kappa shape index (κ3) is 7.31. The molecular weight excluding hydrogens is 575 g/mol. The van der Waals surface area contributed by atoms with Crippen molar-refractivity contribution in [2.75, 3.05) is 12.4 Å². The lowest BCUT2D eigenvalue weighted by molar-refractivity contribution is 0.0955. The van der Waals surface area contributed by atoms with Crippen LogP contribution in [0.5, 0.6) is 11.5 Å². The van der Waals surface area contributed by atoms with E-state index in [2.05, 4.69) is 20.8 Å². The van der Waals surface area contributed by atoms with E-state index in [4.69, 9.17) is 21.1 Å². The Morgan fingerprint density at radius 3 is 2.50 bits per heavy atom. The monoisotopic (exact) mass is 600 g/mol. The van der Waals surface area contributed by atoms with Gasteiger partial charge in [0.15, 0.2) is 16.6 Å². The summed E-state index contributed by atoms with van der Waals surface area (Å²) < 4.78 is 24.4. The number of halogens is 2. The summed E-state index contributed by atoms with van der Waals surface area (Å²) >= 11 is 7.94. The second-order valence-electron chi connectivity index (χ2n) is 9.25. The summed E-state index contributed by atoms with van der Waals surface area (Å²) in [6.07, 6.45) is 1.46. The Balaban J connectivity index is 1.18.